The normalized spacial score (nSPS) is 11.4. The van der Waals surface area contributed by atoms with E-state index < -0.39 is 5.60 Å². The summed E-state index contributed by atoms with van der Waals surface area (Å²) in [6, 6.07) is 12.9. The molecule has 0 bridgehead atoms. The van der Waals surface area contributed by atoms with Crippen LogP contribution in [0.3, 0.4) is 0 Å². The van der Waals surface area contributed by atoms with Crippen molar-refractivity contribution in [3.8, 4) is 17.3 Å². The number of hydrogen-bond donors (Lipinski definition) is 1. The summed E-state index contributed by atoms with van der Waals surface area (Å²) in [6.07, 6.45) is 3.74. The summed E-state index contributed by atoms with van der Waals surface area (Å²) >= 11 is 5.99. The molecule has 2 aromatic carbocycles. The topological polar surface area (TPSA) is 73.6 Å². The Morgan fingerprint density at radius 1 is 1.17 bits per heavy atom. The second-order valence-corrected chi connectivity index (χ2v) is 8.12. The SMILES string of the molecule is Cc1cc(-n2ccnc(OCCc3cccc(Cl)c3)c2=O)ccc1OCC(C)(C)O. The lowest BCUT2D eigenvalue weighted by atomic mass is 10.1. The largest absolute Gasteiger partial charge is 0.490 e. The van der Waals surface area contributed by atoms with Crippen LogP contribution in [0.1, 0.15) is 25.0 Å². The standard InChI is InChI=1S/C23H25ClN2O4/c1-16-13-19(7-8-20(16)30-15-23(2,3)28)26-11-10-25-21(22(26)27)29-12-9-17-5-4-6-18(24)14-17/h4-8,10-11,13-14,28H,9,12,15H2,1-3H3. The summed E-state index contributed by atoms with van der Waals surface area (Å²) in [7, 11) is 0. The van der Waals surface area contributed by atoms with Gasteiger partial charge >= 0.3 is 5.56 Å². The zero-order valence-electron chi connectivity index (χ0n) is 17.3. The fourth-order valence-electron chi connectivity index (χ4n) is 2.85. The van der Waals surface area contributed by atoms with Crippen LogP contribution in [0.15, 0.2) is 59.7 Å². The highest BCUT2D eigenvalue weighted by molar-refractivity contribution is 6.30. The number of benzene rings is 2. The van der Waals surface area contributed by atoms with Crippen LogP contribution in [0, 0.1) is 6.92 Å². The molecular formula is C23H25ClN2O4. The maximum atomic E-state index is 12.8. The third-order valence-electron chi connectivity index (χ3n) is 4.35. The Morgan fingerprint density at radius 2 is 1.97 bits per heavy atom. The van der Waals surface area contributed by atoms with Gasteiger partial charge in [0.05, 0.1) is 12.2 Å². The first kappa shape index (κ1) is 21.9. The van der Waals surface area contributed by atoms with Gasteiger partial charge in [0.25, 0.3) is 5.88 Å². The molecule has 30 heavy (non-hydrogen) atoms. The third-order valence-corrected chi connectivity index (χ3v) is 4.58. The molecule has 0 unspecified atom stereocenters. The molecule has 0 aliphatic carbocycles. The van der Waals surface area contributed by atoms with Crippen LogP contribution in [0.5, 0.6) is 11.6 Å². The molecule has 3 rings (SSSR count). The summed E-state index contributed by atoms with van der Waals surface area (Å²) in [6.45, 7) is 5.74. The van der Waals surface area contributed by atoms with Crippen molar-refractivity contribution in [1.29, 1.82) is 0 Å². The second kappa shape index (κ2) is 9.32. The van der Waals surface area contributed by atoms with Gasteiger partial charge in [-0.25, -0.2) is 4.98 Å². The molecule has 3 aromatic rings. The number of rotatable bonds is 8. The van der Waals surface area contributed by atoms with E-state index in [9.17, 15) is 9.90 Å². The molecule has 1 aromatic heterocycles. The Morgan fingerprint density at radius 3 is 2.67 bits per heavy atom. The van der Waals surface area contributed by atoms with Gasteiger partial charge in [-0.2, -0.15) is 0 Å². The van der Waals surface area contributed by atoms with Crippen LogP contribution < -0.4 is 15.0 Å². The van der Waals surface area contributed by atoms with Gasteiger partial charge < -0.3 is 14.6 Å². The predicted octanol–water partition coefficient (Wildman–Crippen LogP) is 3.97. The molecule has 0 atom stereocenters. The number of nitrogens with zero attached hydrogens (tertiary/aromatic N) is 2. The van der Waals surface area contributed by atoms with Gasteiger partial charge in [-0.05, 0) is 62.2 Å². The number of aliphatic hydroxyl groups is 1. The molecule has 0 amide bonds. The number of hydrogen-bond acceptors (Lipinski definition) is 5. The van der Waals surface area contributed by atoms with Crippen molar-refractivity contribution in [2.24, 2.45) is 0 Å². The highest BCUT2D eigenvalue weighted by atomic mass is 35.5. The van der Waals surface area contributed by atoms with E-state index in [0.29, 0.717) is 29.5 Å². The van der Waals surface area contributed by atoms with Gasteiger partial charge in [-0.15, -0.1) is 0 Å². The van der Waals surface area contributed by atoms with Crippen LogP contribution in [0.25, 0.3) is 5.69 Å². The smallest absolute Gasteiger partial charge is 0.317 e. The van der Waals surface area contributed by atoms with Gasteiger partial charge in [-0.3, -0.25) is 9.36 Å². The molecule has 6 nitrogen and oxygen atoms in total. The first-order chi connectivity index (χ1) is 14.2. The Kier molecular flexibility index (Phi) is 6.80. The fraction of sp³-hybridized carbons (Fsp3) is 0.304. The van der Waals surface area contributed by atoms with Crippen molar-refractivity contribution in [2.45, 2.75) is 32.8 Å². The molecule has 0 saturated carbocycles. The first-order valence-corrected chi connectivity index (χ1v) is 10.0. The molecular weight excluding hydrogens is 404 g/mol. The van der Waals surface area contributed by atoms with Gasteiger partial charge in [0.1, 0.15) is 12.4 Å². The Hall–Kier alpha value is -2.83. The van der Waals surface area contributed by atoms with Crippen molar-refractivity contribution in [3.05, 3.63) is 81.4 Å². The molecule has 1 heterocycles. The van der Waals surface area contributed by atoms with E-state index in [1.807, 2.05) is 37.3 Å². The van der Waals surface area contributed by atoms with E-state index in [4.69, 9.17) is 21.1 Å². The average molecular weight is 429 g/mol. The van der Waals surface area contributed by atoms with E-state index in [0.717, 1.165) is 11.1 Å². The van der Waals surface area contributed by atoms with Crippen molar-refractivity contribution >= 4 is 11.6 Å². The Bertz CT molecular complexity index is 1070. The monoisotopic (exact) mass is 428 g/mol. The second-order valence-electron chi connectivity index (χ2n) is 7.69. The van der Waals surface area contributed by atoms with Crippen molar-refractivity contribution < 1.29 is 14.6 Å². The molecule has 0 spiro atoms. The number of halogens is 1. The molecule has 0 aliphatic rings. The summed E-state index contributed by atoms with van der Waals surface area (Å²) in [5.41, 5.74) is 1.29. The third kappa shape index (κ3) is 5.84. The van der Waals surface area contributed by atoms with Crippen LogP contribution >= 0.6 is 11.6 Å². The van der Waals surface area contributed by atoms with Gasteiger partial charge in [-0.1, -0.05) is 23.7 Å². The van der Waals surface area contributed by atoms with Gasteiger partial charge in [0.15, 0.2) is 0 Å². The number of aromatic nitrogens is 2. The van der Waals surface area contributed by atoms with E-state index in [1.54, 1.807) is 32.2 Å². The zero-order chi connectivity index (χ0) is 21.7. The van der Waals surface area contributed by atoms with Crippen LogP contribution in [-0.2, 0) is 6.42 Å². The summed E-state index contributed by atoms with van der Waals surface area (Å²) in [4.78, 5) is 16.9. The van der Waals surface area contributed by atoms with Crippen molar-refractivity contribution in [2.75, 3.05) is 13.2 Å². The number of ether oxygens (including phenoxy) is 2. The Labute approximate surface area is 180 Å². The molecule has 1 N–H and O–H groups in total. The van der Waals surface area contributed by atoms with Gasteiger partial charge in [0.2, 0.25) is 0 Å². The van der Waals surface area contributed by atoms with E-state index in [1.165, 1.54) is 10.8 Å². The van der Waals surface area contributed by atoms with E-state index >= 15 is 0 Å². The maximum absolute atomic E-state index is 12.8. The molecule has 7 heteroatoms. The lowest BCUT2D eigenvalue weighted by Gasteiger charge is -2.19. The van der Waals surface area contributed by atoms with Crippen LogP contribution in [-0.4, -0.2) is 33.5 Å². The quantitative estimate of drug-likeness (QED) is 0.587. The summed E-state index contributed by atoms with van der Waals surface area (Å²) in [5.74, 6) is 0.695. The summed E-state index contributed by atoms with van der Waals surface area (Å²) < 4.78 is 12.8. The average Bonchev–Trinajstić information content (AvgIpc) is 2.68. The van der Waals surface area contributed by atoms with Crippen molar-refractivity contribution in [1.82, 2.24) is 9.55 Å². The number of aryl methyl sites for hydroxylation is 1. The highest BCUT2D eigenvalue weighted by Crippen LogP contribution is 2.22. The molecule has 158 valence electrons. The highest BCUT2D eigenvalue weighted by Gasteiger charge is 2.15. The minimum atomic E-state index is -0.926. The first-order valence-electron chi connectivity index (χ1n) is 9.64. The lowest BCUT2D eigenvalue weighted by Crippen LogP contribution is -2.28. The minimum absolute atomic E-state index is 0.0412. The minimum Gasteiger partial charge on any atom is -0.490 e. The van der Waals surface area contributed by atoms with Gasteiger partial charge in [0, 0.05) is 29.5 Å². The molecule has 0 aliphatic heterocycles. The summed E-state index contributed by atoms with van der Waals surface area (Å²) in [5, 5.41) is 10.5. The molecule has 0 saturated heterocycles. The fourth-order valence-corrected chi connectivity index (χ4v) is 3.07. The maximum Gasteiger partial charge on any atom is 0.317 e. The van der Waals surface area contributed by atoms with E-state index in [-0.39, 0.29) is 18.0 Å². The molecule has 0 fully saturated rings. The van der Waals surface area contributed by atoms with Crippen LogP contribution in [0.2, 0.25) is 5.02 Å². The molecule has 0 radical (unpaired) electrons. The zero-order valence-corrected chi connectivity index (χ0v) is 18.0. The lowest BCUT2D eigenvalue weighted by molar-refractivity contribution is 0.0282. The Balaban J connectivity index is 1.72. The predicted molar refractivity (Wildman–Crippen MR) is 117 cm³/mol. The van der Waals surface area contributed by atoms with Crippen LogP contribution in [0.4, 0.5) is 0 Å². The van der Waals surface area contributed by atoms with E-state index in [2.05, 4.69) is 4.98 Å². The van der Waals surface area contributed by atoms with Crippen molar-refractivity contribution in [3.63, 3.8) is 0 Å².